The number of aromatic nitrogens is 1. The molecule has 1 saturated heterocycles. The second-order valence-corrected chi connectivity index (χ2v) is 4.82. The maximum atomic E-state index is 5.57. The molecule has 0 radical (unpaired) electrons. The van der Waals surface area contributed by atoms with Gasteiger partial charge in [0.1, 0.15) is 0 Å². The number of nitrogens with one attached hydrogen (secondary N) is 1. The van der Waals surface area contributed by atoms with E-state index in [0.717, 1.165) is 24.6 Å². The first-order valence-electron chi connectivity index (χ1n) is 4.77. The zero-order valence-corrected chi connectivity index (χ0v) is 9.01. The number of nitrogens with zero attached hydrogens (tertiary/aromatic N) is 1. The summed E-state index contributed by atoms with van der Waals surface area (Å²) in [4.78, 5) is 5.45. The average Bonchev–Trinajstić information content (AvgIpc) is 2.79. The molecule has 0 spiro atoms. The molecule has 1 aliphatic rings. The quantitative estimate of drug-likeness (QED) is 0.581. The van der Waals surface area contributed by atoms with Gasteiger partial charge in [-0.15, -0.1) is 11.3 Å². The van der Waals surface area contributed by atoms with Crippen molar-refractivity contribution >= 4 is 11.3 Å². The number of aryl methyl sites for hydroxylation is 1. The highest BCUT2D eigenvalue weighted by Crippen LogP contribution is 2.31. The van der Waals surface area contributed by atoms with E-state index < -0.39 is 0 Å². The van der Waals surface area contributed by atoms with Crippen molar-refractivity contribution in [2.24, 2.45) is 11.8 Å². The van der Waals surface area contributed by atoms with Gasteiger partial charge in [-0.1, -0.05) is 0 Å². The van der Waals surface area contributed by atoms with E-state index in [1.165, 1.54) is 4.88 Å². The number of hydrogen-bond donors (Lipinski definition) is 2. The summed E-state index contributed by atoms with van der Waals surface area (Å²) in [5, 5.41) is 1.08. The van der Waals surface area contributed by atoms with Gasteiger partial charge in [0.2, 0.25) is 0 Å². The summed E-state index contributed by atoms with van der Waals surface area (Å²) >= 11 is 1.70. The number of hydrazine groups is 1. The summed E-state index contributed by atoms with van der Waals surface area (Å²) in [6.45, 7) is 3.65. The van der Waals surface area contributed by atoms with Crippen LogP contribution in [0.15, 0.2) is 6.20 Å². The van der Waals surface area contributed by atoms with Gasteiger partial charge in [-0.3, -0.25) is 11.3 Å². The van der Waals surface area contributed by atoms with Gasteiger partial charge >= 0.3 is 0 Å². The Morgan fingerprint density at radius 2 is 2.64 bits per heavy atom. The highest BCUT2D eigenvalue weighted by molar-refractivity contribution is 7.11. The van der Waals surface area contributed by atoms with Crippen LogP contribution in [0, 0.1) is 12.8 Å². The Bertz CT molecular complexity index is 296. The van der Waals surface area contributed by atoms with Gasteiger partial charge < -0.3 is 4.74 Å². The molecule has 5 heteroatoms. The zero-order chi connectivity index (χ0) is 9.97. The first-order valence-corrected chi connectivity index (χ1v) is 5.59. The molecule has 3 N–H and O–H groups in total. The molecule has 1 fully saturated rings. The van der Waals surface area contributed by atoms with Crippen LogP contribution in [0.4, 0.5) is 0 Å². The van der Waals surface area contributed by atoms with Crippen LogP contribution < -0.4 is 11.3 Å². The first kappa shape index (κ1) is 10.0. The van der Waals surface area contributed by atoms with Crippen molar-refractivity contribution in [1.82, 2.24) is 10.4 Å². The number of ether oxygens (including phenoxy) is 1. The minimum absolute atomic E-state index is 0.198. The molecule has 0 amide bonds. The molecule has 4 nitrogen and oxygen atoms in total. The van der Waals surface area contributed by atoms with Gasteiger partial charge in [-0.05, 0) is 13.3 Å². The summed E-state index contributed by atoms with van der Waals surface area (Å²) in [7, 11) is 0. The third-order valence-electron chi connectivity index (χ3n) is 2.56. The lowest BCUT2D eigenvalue weighted by Gasteiger charge is -2.19. The van der Waals surface area contributed by atoms with Crippen molar-refractivity contribution in [3.8, 4) is 0 Å². The predicted molar refractivity (Wildman–Crippen MR) is 55.8 cm³/mol. The second kappa shape index (κ2) is 4.35. The highest BCUT2D eigenvalue weighted by atomic mass is 32.1. The van der Waals surface area contributed by atoms with Crippen molar-refractivity contribution in [1.29, 1.82) is 0 Å². The maximum Gasteiger partial charge on any atom is 0.0897 e. The third-order valence-corrected chi connectivity index (χ3v) is 3.56. The smallest absolute Gasteiger partial charge is 0.0897 e. The molecule has 0 aromatic carbocycles. The summed E-state index contributed by atoms with van der Waals surface area (Å²) in [6, 6.07) is 0.198. The van der Waals surface area contributed by atoms with E-state index >= 15 is 0 Å². The van der Waals surface area contributed by atoms with Crippen molar-refractivity contribution < 1.29 is 4.74 Å². The Balaban J connectivity index is 2.12. The fraction of sp³-hybridized carbons (Fsp3) is 0.667. The largest absolute Gasteiger partial charge is 0.381 e. The lowest BCUT2D eigenvalue weighted by Crippen LogP contribution is -2.33. The van der Waals surface area contributed by atoms with Crippen molar-refractivity contribution in [3.63, 3.8) is 0 Å². The number of nitrogens with two attached hydrogens (primary N) is 1. The molecule has 2 heterocycles. The van der Waals surface area contributed by atoms with Gasteiger partial charge in [0.15, 0.2) is 0 Å². The highest BCUT2D eigenvalue weighted by Gasteiger charge is 2.27. The molecule has 0 bridgehead atoms. The Morgan fingerprint density at radius 1 is 1.79 bits per heavy atom. The first-order chi connectivity index (χ1) is 6.81. The van der Waals surface area contributed by atoms with Crippen LogP contribution in [-0.2, 0) is 4.74 Å². The molecule has 2 rings (SSSR count). The van der Waals surface area contributed by atoms with E-state index in [0.29, 0.717) is 5.92 Å². The van der Waals surface area contributed by atoms with E-state index in [4.69, 9.17) is 10.6 Å². The second-order valence-electron chi connectivity index (χ2n) is 3.55. The summed E-state index contributed by atoms with van der Waals surface area (Å²) in [6.07, 6.45) is 2.98. The number of hydrogen-bond acceptors (Lipinski definition) is 5. The predicted octanol–water partition coefficient (Wildman–Crippen LogP) is 0.992. The Labute approximate surface area is 87.4 Å². The number of thiazole rings is 1. The van der Waals surface area contributed by atoms with Crippen LogP contribution in [0.3, 0.4) is 0 Å². The fourth-order valence-corrected chi connectivity index (χ4v) is 2.73. The molecular formula is C9H15N3OS. The molecule has 1 aromatic rings. The van der Waals surface area contributed by atoms with Crippen molar-refractivity contribution in [3.05, 3.63) is 16.1 Å². The Morgan fingerprint density at radius 3 is 3.14 bits per heavy atom. The molecule has 1 aromatic heterocycles. The lowest BCUT2D eigenvalue weighted by atomic mass is 9.99. The van der Waals surface area contributed by atoms with Gasteiger partial charge in [-0.25, -0.2) is 4.98 Å². The minimum Gasteiger partial charge on any atom is -0.381 e. The summed E-state index contributed by atoms with van der Waals surface area (Å²) in [5.74, 6) is 6.05. The van der Waals surface area contributed by atoms with Crippen molar-refractivity contribution in [2.45, 2.75) is 19.4 Å². The van der Waals surface area contributed by atoms with Gasteiger partial charge in [0.05, 0.1) is 17.7 Å². The van der Waals surface area contributed by atoms with Crippen LogP contribution in [-0.4, -0.2) is 18.2 Å². The van der Waals surface area contributed by atoms with E-state index in [1.54, 1.807) is 11.3 Å². The Hall–Kier alpha value is -0.490. The molecular weight excluding hydrogens is 198 g/mol. The van der Waals surface area contributed by atoms with Crippen LogP contribution in [0.25, 0.3) is 0 Å². The van der Waals surface area contributed by atoms with Crippen LogP contribution in [0.5, 0.6) is 0 Å². The minimum atomic E-state index is 0.198. The van der Waals surface area contributed by atoms with E-state index in [9.17, 15) is 0 Å². The average molecular weight is 213 g/mol. The zero-order valence-electron chi connectivity index (χ0n) is 8.19. The topological polar surface area (TPSA) is 60.2 Å². The lowest BCUT2D eigenvalue weighted by molar-refractivity contribution is 0.177. The van der Waals surface area contributed by atoms with E-state index in [1.807, 2.05) is 13.1 Å². The molecule has 14 heavy (non-hydrogen) atoms. The van der Waals surface area contributed by atoms with Crippen LogP contribution in [0.1, 0.15) is 22.3 Å². The molecule has 2 atom stereocenters. The fourth-order valence-electron chi connectivity index (χ4n) is 1.79. The van der Waals surface area contributed by atoms with Crippen LogP contribution in [0.2, 0.25) is 0 Å². The van der Waals surface area contributed by atoms with Crippen molar-refractivity contribution in [2.75, 3.05) is 13.2 Å². The monoisotopic (exact) mass is 213 g/mol. The Kier molecular flexibility index (Phi) is 3.12. The van der Waals surface area contributed by atoms with E-state index in [2.05, 4.69) is 10.4 Å². The van der Waals surface area contributed by atoms with Gasteiger partial charge in [0, 0.05) is 23.6 Å². The third kappa shape index (κ3) is 1.95. The summed E-state index contributed by atoms with van der Waals surface area (Å²) in [5.41, 5.74) is 2.86. The molecule has 0 saturated carbocycles. The molecule has 2 unspecified atom stereocenters. The molecule has 1 aliphatic heterocycles. The van der Waals surface area contributed by atoms with E-state index in [-0.39, 0.29) is 6.04 Å². The maximum absolute atomic E-state index is 5.57. The standard InChI is InChI=1S/C9H15N3OS/c1-6-11-4-8(14-6)9(12-10)7-2-3-13-5-7/h4,7,9,12H,2-3,5,10H2,1H3. The molecule has 0 aliphatic carbocycles. The van der Waals surface area contributed by atoms with Gasteiger partial charge in [0.25, 0.3) is 0 Å². The summed E-state index contributed by atoms with van der Waals surface area (Å²) < 4.78 is 5.36. The molecule has 78 valence electrons. The SMILES string of the molecule is Cc1ncc(C(NN)C2CCOC2)s1. The van der Waals surface area contributed by atoms with Gasteiger partial charge in [-0.2, -0.15) is 0 Å². The normalized spacial score (nSPS) is 24.0. The number of rotatable bonds is 3. The van der Waals surface area contributed by atoms with Crippen LogP contribution >= 0.6 is 11.3 Å².